The molecule has 106 valence electrons. The summed E-state index contributed by atoms with van der Waals surface area (Å²) in [5.74, 6) is 1.14. The Hall–Kier alpha value is -0.950. The van der Waals surface area contributed by atoms with Gasteiger partial charge in [-0.15, -0.1) is 0 Å². The smallest absolute Gasteiger partial charge is 0.162 e. The number of nitrogens with one attached hydrogen (secondary N) is 2. The number of hydrogen-bond acceptors (Lipinski definition) is 6. The van der Waals surface area contributed by atoms with Crippen LogP contribution in [0.25, 0.3) is 0 Å². The van der Waals surface area contributed by atoms with Crippen molar-refractivity contribution >= 4 is 17.4 Å². The van der Waals surface area contributed by atoms with Gasteiger partial charge in [0.1, 0.15) is 17.1 Å². The van der Waals surface area contributed by atoms with E-state index in [4.69, 9.17) is 16.3 Å². The minimum absolute atomic E-state index is 0.185. The fraction of sp³-hybridized carbons (Fsp3) is 0.667. The van der Waals surface area contributed by atoms with E-state index >= 15 is 0 Å². The van der Waals surface area contributed by atoms with Crippen LogP contribution in [0.3, 0.4) is 0 Å². The number of aromatic nitrogens is 2. The predicted molar refractivity (Wildman–Crippen MR) is 73.4 cm³/mol. The Kier molecular flexibility index (Phi) is 4.57. The maximum Gasteiger partial charge on any atom is 0.162 e. The third kappa shape index (κ3) is 4.58. The van der Waals surface area contributed by atoms with E-state index in [0.29, 0.717) is 36.5 Å². The molecule has 1 aromatic rings. The van der Waals surface area contributed by atoms with Gasteiger partial charge in [0.15, 0.2) is 5.82 Å². The van der Waals surface area contributed by atoms with Crippen LogP contribution in [0.2, 0.25) is 5.15 Å². The first kappa shape index (κ1) is 14.5. The van der Waals surface area contributed by atoms with Crippen LogP contribution in [0.1, 0.15) is 25.8 Å². The lowest BCUT2D eigenvalue weighted by molar-refractivity contribution is 0.0222. The molecule has 0 amide bonds. The Morgan fingerprint density at radius 1 is 1.58 bits per heavy atom. The zero-order chi connectivity index (χ0) is 13.9. The number of rotatable bonds is 4. The van der Waals surface area contributed by atoms with Gasteiger partial charge >= 0.3 is 0 Å². The summed E-state index contributed by atoms with van der Waals surface area (Å²) in [5.41, 5.74) is -0.819. The molecule has 7 heteroatoms. The summed E-state index contributed by atoms with van der Waals surface area (Å²) in [4.78, 5) is 8.57. The molecule has 0 spiro atoms. The van der Waals surface area contributed by atoms with Crippen molar-refractivity contribution in [3.8, 4) is 0 Å². The standard InChI is InChI=1S/C12H19ClN4O2/c1-12(2,18)7-15-10-5-9(13)16-11(17-10)8-6-14-3-4-19-8/h5,8,14,18H,3-4,6-7H2,1-2H3,(H,15,16,17). The molecule has 0 aliphatic carbocycles. The molecule has 0 radical (unpaired) electrons. The Bertz CT molecular complexity index is 430. The summed E-state index contributed by atoms with van der Waals surface area (Å²) in [6.07, 6.45) is -0.185. The summed E-state index contributed by atoms with van der Waals surface area (Å²) >= 11 is 5.99. The first-order valence-electron chi connectivity index (χ1n) is 6.27. The number of ether oxygens (including phenoxy) is 1. The normalized spacial score (nSPS) is 20.3. The molecule has 1 saturated heterocycles. The van der Waals surface area contributed by atoms with Crippen molar-refractivity contribution in [3.05, 3.63) is 17.0 Å². The zero-order valence-electron chi connectivity index (χ0n) is 11.1. The Balaban J connectivity index is 2.10. The molecule has 1 aliphatic heterocycles. The van der Waals surface area contributed by atoms with Crippen molar-refractivity contribution in [2.45, 2.75) is 25.6 Å². The van der Waals surface area contributed by atoms with Gasteiger partial charge in [-0.2, -0.15) is 0 Å². The number of morpholine rings is 1. The molecule has 3 N–H and O–H groups in total. The van der Waals surface area contributed by atoms with Crippen LogP contribution in [0, 0.1) is 0 Å². The molecular formula is C12H19ClN4O2. The number of halogens is 1. The van der Waals surface area contributed by atoms with Gasteiger partial charge < -0.3 is 20.5 Å². The lowest BCUT2D eigenvalue weighted by atomic mass is 10.1. The van der Waals surface area contributed by atoms with E-state index in [1.807, 2.05) is 0 Å². The average Bonchev–Trinajstić information content (AvgIpc) is 2.36. The van der Waals surface area contributed by atoms with Crippen molar-refractivity contribution in [2.75, 3.05) is 31.6 Å². The van der Waals surface area contributed by atoms with E-state index in [1.54, 1.807) is 19.9 Å². The zero-order valence-corrected chi connectivity index (χ0v) is 11.9. The van der Waals surface area contributed by atoms with Crippen molar-refractivity contribution < 1.29 is 9.84 Å². The maximum atomic E-state index is 9.69. The van der Waals surface area contributed by atoms with Crippen LogP contribution < -0.4 is 10.6 Å². The fourth-order valence-electron chi connectivity index (χ4n) is 1.71. The van der Waals surface area contributed by atoms with Crippen molar-refractivity contribution in [2.24, 2.45) is 0 Å². The van der Waals surface area contributed by atoms with Gasteiger partial charge in [-0.25, -0.2) is 9.97 Å². The van der Waals surface area contributed by atoms with Crippen LogP contribution in [0.15, 0.2) is 6.07 Å². The van der Waals surface area contributed by atoms with Crippen LogP contribution in [0.5, 0.6) is 0 Å². The second-order valence-corrected chi connectivity index (χ2v) is 5.55. The van der Waals surface area contributed by atoms with Crippen LogP contribution >= 0.6 is 11.6 Å². The van der Waals surface area contributed by atoms with Crippen molar-refractivity contribution in [1.29, 1.82) is 0 Å². The Morgan fingerprint density at radius 3 is 3.00 bits per heavy atom. The number of hydrogen-bond donors (Lipinski definition) is 3. The molecular weight excluding hydrogens is 268 g/mol. The minimum Gasteiger partial charge on any atom is -0.389 e. The van der Waals surface area contributed by atoms with Gasteiger partial charge in [-0.05, 0) is 13.8 Å². The third-order valence-corrected chi connectivity index (χ3v) is 2.82. The van der Waals surface area contributed by atoms with Gasteiger partial charge in [0.2, 0.25) is 0 Å². The molecule has 0 aromatic carbocycles. The molecule has 19 heavy (non-hydrogen) atoms. The molecule has 1 unspecified atom stereocenters. The lowest BCUT2D eigenvalue weighted by Gasteiger charge is -2.23. The van der Waals surface area contributed by atoms with Gasteiger partial charge in [0, 0.05) is 25.7 Å². The summed E-state index contributed by atoms with van der Waals surface area (Å²) in [6.45, 7) is 5.96. The predicted octanol–water partition coefficient (Wildman–Crippen LogP) is 0.974. The first-order chi connectivity index (χ1) is 8.94. The summed E-state index contributed by atoms with van der Waals surface area (Å²) in [5, 5.41) is 16.3. The molecule has 6 nitrogen and oxygen atoms in total. The molecule has 1 aliphatic rings. The highest BCUT2D eigenvalue weighted by Gasteiger charge is 2.20. The van der Waals surface area contributed by atoms with E-state index in [0.717, 1.165) is 6.54 Å². The number of aliphatic hydroxyl groups is 1. The first-order valence-corrected chi connectivity index (χ1v) is 6.65. The largest absolute Gasteiger partial charge is 0.389 e. The second-order valence-electron chi connectivity index (χ2n) is 5.16. The SMILES string of the molecule is CC(C)(O)CNc1cc(Cl)nc(C2CNCCO2)n1. The van der Waals surface area contributed by atoms with Crippen molar-refractivity contribution in [1.82, 2.24) is 15.3 Å². The van der Waals surface area contributed by atoms with Gasteiger partial charge in [-0.3, -0.25) is 0 Å². The minimum atomic E-state index is -0.819. The number of anilines is 1. The van der Waals surface area contributed by atoms with Gasteiger partial charge in [-0.1, -0.05) is 11.6 Å². The third-order valence-electron chi connectivity index (χ3n) is 2.63. The van der Waals surface area contributed by atoms with E-state index < -0.39 is 5.60 Å². The maximum absolute atomic E-state index is 9.69. The lowest BCUT2D eigenvalue weighted by Crippen LogP contribution is -2.34. The molecule has 0 bridgehead atoms. The summed E-state index contributed by atoms with van der Waals surface area (Å²) in [6, 6.07) is 1.63. The van der Waals surface area contributed by atoms with Gasteiger partial charge in [0.25, 0.3) is 0 Å². The molecule has 1 fully saturated rings. The van der Waals surface area contributed by atoms with Crippen molar-refractivity contribution in [3.63, 3.8) is 0 Å². The number of nitrogens with zero attached hydrogens (tertiary/aromatic N) is 2. The average molecular weight is 287 g/mol. The van der Waals surface area contributed by atoms with E-state index in [-0.39, 0.29) is 6.10 Å². The Morgan fingerprint density at radius 2 is 2.37 bits per heavy atom. The van der Waals surface area contributed by atoms with E-state index in [2.05, 4.69) is 20.6 Å². The quantitative estimate of drug-likeness (QED) is 0.716. The highest BCUT2D eigenvalue weighted by Crippen LogP contribution is 2.20. The highest BCUT2D eigenvalue weighted by molar-refractivity contribution is 6.29. The fourth-order valence-corrected chi connectivity index (χ4v) is 1.90. The molecule has 1 aromatic heterocycles. The van der Waals surface area contributed by atoms with E-state index in [1.165, 1.54) is 0 Å². The van der Waals surface area contributed by atoms with Crippen LogP contribution in [-0.2, 0) is 4.74 Å². The molecule has 0 saturated carbocycles. The molecule has 2 rings (SSSR count). The second kappa shape index (κ2) is 6.00. The van der Waals surface area contributed by atoms with Crippen LogP contribution in [-0.4, -0.2) is 46.9 Å². The van der Waals surface area contributed by atoms with Crippen LogP contribution in [0.4, 0.5) is 5.82 Å². The van der Waals surface area contributed by atoms with Gasteiger partial charge in [0.05, 0.1) is 12.2 Å². The monoisotopic (exact) mass is 286 g/mol. The molecule has 2 heterocycles. The topological polar surface area (TPSA) is 79.3 Å². The Labute approximate surface area is 117 Å². The summed E-state index contributed by atoms with van der Waals surface area (Å²) in [7, 11) is 0. The highest BCUT2D eigenvalue weighted by atomic mass is 35.5. The van der Waals surface area contributed by atoms with E-state index in [9.17, 15) is 5.11 Å². The summed E-state index contributed by atoms with van der Waals surface area (Å²) < 4.78 is 5.60. The molecule has 1 atom stereocenters.